The number of carbonyl (C=O) groups excluding carboxylic acids is 1. The van der Waals surface area contributed by atoms with Gasteiger partial charge in [0, 0.05) is 11.4 Å². The molecular weight excluding hydrogens is 238 g/mol. The topological polar surface area (TPSA) is 67.1 Å². The highest BCUT2D eigenvalue weighted by atomic mass is 16.2. The van der Waals surface area contributed by atoms with Gasteiger partial charge in [0.15, 0.2) is 0 Å². The van der Waals surface area contributed by atoms with Crippen LogP contribution in [0.25, 0.3) is 0 Å². The molecule has 0 radical (unpaired) electrons. The van der Waals surface area contributed by atoms with Crippen LogP contribution in [-0.2, 0) is 6.42 Å². The molecule has 19 heavy (non-hydrogen) atoms. The van der Waals surface area contributed by atoms with Crippen LogP contribution in [0, 0.1) is 0 Å². The molecule has 0 spiro atoms. The average molecular weight is 255 g/mol. The van der Waals surface area contributed by atoms with E-state index in [1.54, 1.807) is 0 Å². The Bertz CT molecular complexity index is 540. The third-order valence-corrected chi connectivity index (χ3v) is 2.65. The van der Waals surface area contributed by atoms with E-state index >= 15 is 0 Å². The molecule has 0 aliphatic carbocycles. The first-order chi connectivity index (χ1) is 9.28. The predicted molar refractivity (Wildman–Crippen MR) is 78.3 cm³/mol. The van der Waals surface area contributed by atoms with E-state index in [0.29, 0.717) is 6.54 Å². The Balaban J connectivity index is 1.97. The van der Waals surface area contributed by atoms with Gasteiger partial charge in [-0.05, 0) is 42.8 Å². The van der Waals surface area contributed by atoms with Crippen molar-refractivity contribution in [3.05, 3.63) is 60.2 Å². The van der Waals surface area contributed by atoms with Crippen LogP contribution >= 0.6 is 0 Å². The fourth-order valence-electron chi connectivity index (χ4n) is 1.79. The van der Waals surface area contributed by atoms with Gasteiger partial charge in [0.25, 0.3) is 0 Å². The van der Waals surface area contributed by atoms with E-state index in [-0.39, 0.29) is 6.03 Å². The Hall–Kier alpha value is -2.33. The number of rotatable bonds is 4. The normalized spacial score (nSPS) is 9.95. The van der Waals surface area contributed by atoms with Gasteiger partial charge in [-0.1, -0.05) is 30.3 Å². The van der Waals surface area contributed by atoms with Crippen LogP contribution in [0.1, 0.15) is 5.56 Å². The fraction of sp³-hybridized carbons (Fsp3) is 0.133. The van der Waals surface area contributed by atoms with E-state index in [1.807, 2.05) is 54.6 Å². The number of anilines is 2. The van der Waals surface area contributed by atoms with E-state index < -0.39 is 0 Å². The van der Waals surface area contributed by atoms with Crippen molar-refractivity contribution in [1.29, 1.82) is 0 Å². The number of amides is 2. The first kappa shape index (κ1) is 13.1. The summed E-state index contributed by atoms with van der Waals surface area (Å²) in [4.78, 5) is 11.8. The number of urea groups is 1. The summed E-state index contributed by atoms with van der Waals surface area (Å²) >= 11 is 0. The summed E-state index contributed by atoms with van der Waals surface area (Å²) < 4.78 is 0. The zero-order valence-electron chi connectivity index (χ0n) is 10.6. The Kier molecular flexibility index (Phi) is 4.53. The molecule has 0 saturated heterocycles. The van der Waals surface area contributed by atoms with E-state index in [2.05, 4.69) is 10.6 Å². The van der Waals surface area contributed by atoms with E-state index in [0.717, 1.165) is 23.4 Å². The maximum absolute atomic E-state index is 11.8. The molecule has 98 valence electrons. The summed E-state index contributed by atoms with van der Waals surface area (Å²) in [5, 5.41) is 5.57. The molecule has 4 N–H and O–H groups in total. The number of hydrogen-bond donors (Lipinski definition) is 3. The fourth-order valence-corrected chi connectivity index (χ4v) is 1.79. The van der Waals surface area contributed by atoms with Crippen molar-refractivity contribution in [3.63, 3.8) is 0 Å². The molecule has 2 aromatic carbocycles. The van der Waals surface area contributed by atoms with Gasteiger partial charge in [0.05, 0.1) is 0 Å². The zero-order chi connectivity index (χ0) is 13.5. The standard InChI is InChI=1S/C15H17N3O/c16-10-9-12-5-4-8-14(11-12)18-15(19)17-13-6-2-1-3-7-13/h1-8,11H,9-10,16H2,(H2,17,18,19). The number of carbonyl (C=O) groups is 1. The lowest BCUT2D eigenvalue weighted by Gasteiger charge is -2.08. The third kappa shape index (κ3) is 4.12. The Labute approximate surface area is 112 Å². The molecule has 0 fully saturated rings. The lowest BCUT2D eigenvalue weighted by molar-refractivity contribution is 0.262. The Morgan fingerprint density at radius 1 is 0.947 bits per heavy atom. The first-order valence-corrected chi connectivity index (χ1v) is 6.20. The van der Waals surface area contributed by atoms with Crippen molar-refractivity contribution in [1.82, 2.24) is 0 Å². The van der Waals surface area contributed by atoms with Gasteiger partial charge in [-0.15, -0.1) is 0 Å². The monoisotopic (exact) mass is 255 g/mol. The maximum Gasteiger partial charge on any atom is 0.323 e. The van der Waals surface area contributed by atoms with Gasteiger partial charge >= 0.3 is 6.03 Å². The molecule has 0 atom stereocenters. The molecule has 0 heterocycles. The van der Waals surface area contributed by atoms with Crippen LogP contribution in [0.3, 0.4) is 0 Å². The SMILES string of the molecule is NCCc1cccc(NC(=O)Nc2ccccc2)c1. The number of nitrogens with one attached hydrogen (secondary N) is 2. The number of nitrogens with two attached hydrogens (primary N) is 1. The second-order valence-electron chi connectivity index (χ2n) is 4.18. The lowest BCUT2D eigenvalue weighted by Crippen LogP contribution is -2.19. The van der Waals surface area contributed by atoms with Crippen LogP contribution in [0.2, 0.25) is 0 Å². The third-order valence-electron chi connectivity index (χ3n) is 2.65. The molecule has 2 rings (SSSR count). The molecule has 0 aliphatic heterocycles. The summed E-state index contributed by atoms with van der Waals surface area (Å²) in [7, 11) is 0. The highest BCUT2D eigenvalue weighted by molar-refractivity contribution is 5.99. The smallest absolute Gasteiger partial charge is 0.323 e. The quantitative estimate of drug-likeness (QED) is 0.786. The van der Waals surface area contributed by atoms with Gasteiger partial charge < -0.3 is 16.4 Å². The maximum atomic E-state index is 11.8. The summed E-state index contributed by atoms with van der Waals surface area (Å²) in [5.41, 5.74) is 8.15. The highest BCUT2D eigenvalue weighted by Gasteiger charge is 2.02. The van der Waals surface area contributed by atoms with Crippen molar-refractivity contribution in [2.75, 3.05) is 17.2 Å². The minimum absolute atomic E-state index is 0.254. The van der Waals surface area contributed by atoms with Gasteiger partial charge in [0.1, 0.15) is 0 Å². The predicted octanol–water partition coefficient (Wildman–Crippen LogP) is 2.83. The minimum Gasteiger partial charge on any atom is -0.330 e. The van der Waals surface area contributed by atoms with Crippen LogP contribution in [0.4, 0.5) is 16.2 Å². The first-order valence-electron chi connectivity index (χ1n) is 6.20. The summed E-state index contributed by atoms with van der Waals surface area (Å²) in [6.45, 7) is 0.597. The average Bonchev–Trinajstić information content (AvgIpc) is 2.40. The zero-order valence-corrected chi connectivity index (χ0v) is 10.6. The molecule has 0 bridgehead atoms. The van der Waals surface area contributed by atoms with E-state index in [1.165, 1.54) is 0 Å². The van der Waals surface area contributed by atoms with Crippen molar-refractivity contribution < 1.29 is 4.79 Å². The molecule has 0 unspecified atom stereocenters. The molecule has 2 aromatic rings. The second kappa shape index (κ2) is 6.56. The molecule has 2 amide bonds. The van der Waals surface area contributed by atoms with Crippen molar-refractivity contribution in [2.24, 2.45) is 5.73 Å². The van der Waals surface area contributed by atoms with Gasteiger partial charge in [-0.25, -0.2) is 4.79 Å². The largest absolute Gasteiger partial charge is 0.330 e. The second-order valence-corrected chi connectivity index (χ2v) is 4.18. The molecule has 0 saturated carbocycles. The Morgan fingerprint density at radius 3 is 2.37 bits per heavy atom. The van der Waals surface area contributed by atoms with Crippen LogP contribution < -0.4 is 16.4 Å². The molecule has 0 aromatic heterocycles. The summed E-state index contributed by atoms with van der Waals surface area (Å²) in [6, 6.07) is 16.7. The van der Waals surface area contributed by atoms with Crippen molar-refractivity contribution in [3.8, 4) is 0 Å². The van der Waals surface area contributed by atoms with E-state index in [9.17, 15) is 4.79 Å². The van der Waals surface area contributed by atoms with Gasteiger partial charge in [-0.2, -0.15) is 0 Å². The lowest BCUT2D eigenvalue weighted by atomic mass is 10.1. The Morgan fingerprint density at radius 2 is 1.63 bits per heavy atom. The number of para-hydroxylation sites is 1. The van der Waals surface area contributed by atoms with Crippen LogP contribution in [0.15, 0.2) is 54.6 Å². The summed E-state index contributed by atoms with van der Waals surface area (Å²) in [5.74, 6) is 0. The highest BCUT2D eigenvalue weighted by Crippen LogP contribution is 2.12. The van der Waals surface area contributed by atoms with Crippen molar-refractivity contribution in [2.45, 2.75) is 6.42 Å². The van der Waals surface area contributed by atoms with E-state index in [4.69, 9.17) is 5.73 Å². The minimum atomic E-state index is -0.254. The summed E-state index contributed by atoms with van der Waals surface area (Å²) in [6.07, 6.45) is 0.801. The molecular formula is C15H17N3O. The van der Waals surface area contributed by atoms with Crippen molar-refractivity contribution >= 4 is 17.4 Å². The van der Waals surface area contributed by atoms with Gasteiger partial charge in [0.2, 0.25) is 0 Å². The molecule has 4 nitrogen and oxygen atoms in total. The molecule has 4 heteroatoms. The number of benzene rings is 2. The van der Waals surface area contributed by atoms with Gasteiger partial charge in [-0.3, -0.25) is 0 Å². The van der Waals surface area contributed by atoms with Crippen LogP contribution in [-0.4, -0.2) is 12.6 Å². The number of hydrogen-bond acceptors (Lipinski definition) is 2. The molecule has 0 aliphatic rings. The van der Waals surface area contributed by atoms with Crippen LogP contribution in [0.5, 0.6) is 0 Å².